The van der Waals surface area contributed by atoms with Crippen LogP contribution in [0.2, 0.25) is 5.02 Å². The van der Waals surface area contributed by atoms with E-state index in [2.05, 4.69) is 31.1 Å². The van der Waals surface area contributed by atoms with Crippen LogP contribution < -0.4 is 10.1 Å². The minimum atomic E-state index is 0.530. The molecule has 1 heterocycles. The maximum atomic E-state index is 6.29. The maximum absolute atomic E-state index is 6.29. The SMILES string of the molecule is COc1cccc(Cl)c1CNC1CC(C)N(C)CC1C. The number of likely N-dealkylation sites (tertiary alicyclic amines) is 1. The lowest BCUT2D eigenvalue weighted by molar-refractivity contribution is 0.121. The molecule has 112 valence electrons. The average molecular weight is 297 g/mol. The van der Waals surface area contributed by atoms with Gasteiger partial charge < -0.3 is 15.0 Å². The first-order valence-electron chi connectivity index (χ1n) is 7.28. The van der Waals surface area contributed by atoms with Gasteiger partial charge in [0.25, 0.3) is 0 Å². The molecule has 0 saturated carbocycles. The molecule has 1 fully saturated rings. The van der Waals surface area contributed by atoms with Crippen LogP contribution >= 0.6 is 11.6 Å². The number of benzene rings is 1. The monoisotopic (exact) mass is 296 g/mol. The molecule has 1 aliphatic heterocycles. The van der Waals surface area contributed by atoms with Crippen LogP contribution in [-0.2, 0) is 6.54 Å². The van der Waals surface area contributed by atoms with Crippen molar-refractivity contribution in [2.45, 2.75) is 38.9 Å². The Hall–Kier alpha value is -0.770. The fraction of sp³-hybridized carbons (Fsp3) is 0.625. The van der Waals surface area contributed by atoms with E-state index in [1.165, 1.54) is 6.42 Å². The Morgan fingerprint density at radius 3 is 2.85 bits per heavy atom. The van der Waals surface area contributed by atoms with Gasteiger partial charge in [0.1, 0.15) is 5.75 Å². The summed E-state index contributed by atoms with van der Waals surface area (Å²) in [5, 5.41) is 4.43. The zero-order valence-electron chi connectivity index (χ0n) is 12.8. The molecule has 1 N–H and O–H groups in total. The number of ether oxygens (including phenoxy) is 1. The lowest BCUT2D eigenvalue weighted by atomic mass is 9.89. The number of hydrogen-bond donors (Lipinski definition) is 1. The topological polar surface area (TPSA) is 24.5 Å². The second kappa shape index (κ2) is 6.79. The number of piperidine rings is 1. The predicted octanol–water partition coefficient (Wildman–Crippen LogP) is 3.17. The van der Waals surface area contributed by atoms with Crippen molar-refractivity contribution in [1.29, 1.82) is 0 Å². The lowest BCUT2D eigenvalue weighted by Crippen LogP contribution is -2.50. The molecule has 0 aromatic heterocycles. The van der Waals surface area contributed by atoms with Crippen molar-refractivity contribution in [2.24, 2.45) is 5.92 Å². The van der Waals surface area contributed by atoms with Crippen LogP contribution in [0.15, 0.2) is 18.2 Å². The minimum Gasteiger partial charge on any atom is -0.496 e. The molecule has 0 spiro atoms. The van der Waals surface area contributed by atoms with E-state index in [-0.39, 0.29) is 0 Å². The minimum absolute atomic E-state index is 0.530. The predicted molar refractivity (Wildman–Crippen MR) is 84.5 cm³/mol. The molecule has 3 nitrogen and oxygen atoms in total. The molecule has 1 aliphatic rings. The number of nitrogens with zero attached hydrogens (tertiary/aromatic N) is 1. The number of halogens is 1. The zero-order valence-corrected chi connectivity index (χ0v) is 13.6. The Morgan fingerprint density at radius 1 is 1.40 bits per heavy atom. The molecular formula is C16H25ClN2O. The molecule has 0 aliphatic carbocycles. The van der Waals surface area contributed by atoms with Crippen LogP contribution in [0.25, 0.3) is 0 Å². The van der Waals surface area contributed by atoms with Gasteiger partial charge in [-0.1, -0.05) is 24.6 Å². The van der Waals surface area contributed by atoms with Gasteiger partial charge in [0, 0.05) is 35.8 Å². The first-order chi connectivity index (χ1) is 9.52. The first kappa shape index (κ1) is 15.6. The molecule has 0 radical (unpaired) electrons. The average Bonchev–Trinajstić information content (AvgIpc) is 2.42. The van der Waals surface area contributed by atoms with Gasteiger partial charge in [-0.3, -0.25) is 0 Å². The van der Waals surface area contributed by atoms with E-state index in [0.29, 0.717) is 18.0 Å². The third-order valence-corrected chi connectivity index (χ3v) is 4.80. The summed E-state index contributed by atoms with van der Waals surface area (Å²) in [6.07, 6.45) is 1.17. The summed E-state index contributed by atoms with van der Waals surface area (Å²) in [4.78, 5) is 2.43. The van der Waals surface area contributed by atoms with Crippen molar-refractivity contribution >= 4 is 11.6 Å². The first-order valence-corrected chi connectivity index (χ1v) is 7.65. The van der Waals surface area contributed by atoms with Crippen LogP contribution in [0.4, 0.5) is 0 Å². The largest absolute Gasteiger partial charge is 0.496 e. The zero-order chi connectivity index (χ0) is 14.7. The van der Waals surface area contributed by atoms with E-state index in [4.69, 9.17) is 16.3 Å². The summed E-state index contributed by atoms with van der Waals surface area (Å²) in [5.41, 5.74) is 1.05. The standard InChI is InChI=1S/C16H25ClN2O/c1-11-10-19(3)12(2)8-15(11)18-9-13-14(17)6-5-7-16(13)20-4/h5-7,11-12,15,18H,8-10H2,1-4H3. The van der Waals surface area contributed by atoms with Crippen molar-refractivity contribution in [3.05, 3.63) is 28.8 Å². The highest BCUT2D eigenvalue weighted by atomic mass is 35.5. The molecule has 3 atom stereocenters. The molecule has 0 amide bonds. The number of nitrogens with one attached hydrogen (secondary N) is 1. The van der Waals surface area contributed by atoms with Crippen molar-refractivity contribution in [3.8, 4) is 5.75 Å². The highest BCUT2D eigenvalue weighted by Gasteiger charge is 2.28. The highest BCUT2D eigenvalue weighted by Crippen LogP contribution is 2.27. The molecular weight excluding hydrogens is 272 g/mol. The molecule has 2 rings (SSSR count). The summed E-state index contributed by atoms with van der Waals surface area (Å²) < 4.78 is 5.40. The van der Waals surface area contributed by atoms with Gasteiger partial charge in [-0.15, -0.1) is 0 Å². The van der Waals surface area contributed by atoms with E-state index in [1.807, 2.05) is 18.2 Å². The van der Waals surface area contributed by atoms with Gasteiger partial charge in [-0.2, -0.15) is 0 Å². The number of rotatable bonds is 4. The molecule has 1 aromatic carbocycles. The van der Waals surface area contributed by atoms with Crippen LogP contribution in [0.1, 0.15) is 25.8 Å². The van der Waals surface area contributed by atoms with Crippen LogP contribution in [-0.4, -0.2) is 37.7 Å². The van der Waals surface area contributed by atoms with Crippen molar-refractivity contribution in [1.82, 2.24) is 10.2 Å². The molecule has 3 unspecified atom stereocenters. The fourth-order valence-corrected chi connectivity index (χ4v) is 3.19. The number of hydrogen-bond acceptors (Lipinski definition) is 3. The lowest BCUT2D eigenvalue weighted by Gasteiger charge is -2.40. The summed E-state index contributed by atoms with van der Waals surface area (Å²) in [7, 11) is 3.89. The highest BCUT2D eigenvalue weighted by molar-refractivity contribution is 6.31. The third kappa shape index (κ3) is 3.46. The van der Waals surface area contributed by atoms with Crippen molar-refractivity contribution in [2.75, 3.05) is 20.7 Å². The Kier molecular flexibility index (Phi) is 5.30. The Labute approximate surface area is 127 Å². The second-order valence-electron chi connectivity index (χ2n) is 5.91. The third-order valence-electron chi connectivity index (χ3n) is 4.45. The Bertz CT molecular complexity index is 452. The Balaban J connectivity index is 2.02. The van der Waals surface area contributed by atoms with E-state index in [9.17, 15) is 0 Å². The summed E-state index contributed by atoms with van der Waals surface area (Å²) in [6, 6.07) is 6.95. The smallest absolute Gasteiger partial charge is 0.124 e. The van der Waals surface area contributed by atoms with Gasteiger partial charge in [0.15, 0.2) is 0 Å². The quantitative estimate of drug-likeness (QED) is 0.924. The summed E-state index contributed by atoms with van der Waals surface area (Å²) in [6.45, 7) is 6.49. The van der Waals surface area contributed by atoms with E-state index in [1.54, 1.807) is 7.11 Å². The van der Waals surface area contributed by atoms with Crippen LogP contribution in [0.5, 0.6) is 5.75 Å². The van der Waals surface area contributed by atoms with Crippen molar-refractivity contribution < 1.29 is 4.74 Å². The molecule has 20 heavy (non-hydrogen) atoms. The van der Waals surface area contributed by atoms with Gasteiger partial charge in [-0.05, 0) is 38.4 Å². The van der Waals surface area contributed by atoms with Gasteiger partial charge in [0.05, 0.1) is 7.11 Å². The summed E-state index contributed by atoms with van der Waals surface area (Å²) in [5.74, 6) is 1.50. The second-order valence-corrected chi connectivity index (χ2v) is 6.32. The maximum Gasteiger partial charge on any atom is 0.124 e. The molecule has 1 saturated heterocycles. The Morgan fingerprint density at radius 2 is 2.15 bits per heavy atom. The van der Waals surface area contributed by atoms with Gasteiger partial charge >= 0.3 is 0 Å². The fourth-order valence-electron chi connectivity index (χ4n) is 2.96. The van der Waals surface area contributed by atoms with Crippen LogP contribution in [0.3, 0.4) is 0 Å². The van der Waals surface area contributed by atoms with Crippen molar-refractivity contribution in [3.63, 3.8) is 0 Å². The molecule has 4 heteroatoms. The normalized spacial score (nSPS) is 27.6. The molecule has 0 bridgehead atoms. The van der Waals surface area contributed by atoms with E-state index >= 15 is 0 Å². The van der Waals surface area contributed by atoms with E-state index < -0.39 is 0 Å². The number of methoxy groups -OCH3 is 1. The summed E-state index contributed by atoms with van der Waals surface area (Å²) >= 11 is 6.29. The van der Waals surface area contributed by atoms with Crippen LogP contribution in [0, 0.1) is 5.92 Å². The van der Waals surface area contributed by atoms with E-state index in [0.717, 1.165) is 29.4 Å². The van der Waals surface area contributed by atoms with Gasteiger partial charge in [0.2, 0.25) is 0 Å². The molecule has 1 aromatic rings. The van der Waals surface area contributed by atoms with Gasteiger partial charge in [-0.25, -0.2) is 0 Å².